The number of rotatable bonds is 6. The van der Waals surface area contributed by atoms with Gasteiger partial charge in [0.15, 0.2) is 11.7 Å². The molecule has 1 unspecified atom stereocenters. The van der Waals surface area contributed by atoms with Crippen molar-refractivity contribution >= 4 is 40.5 Å². The lowest BCUT2D eigenvalue weighted by molar-refractivity contribution is -0.121. The molecular weight excluding hydrogens is 368 g/mol. The fraction of sp³-hybridized carbons (Fsp3) is 0.300. The topological polar surface area (TPSA) is 50.4 Å². The van der Waals surface area contributed by atoms with Gasteiger partial charge >= 0.3 is 0 Å². The van der Waals surface area contributed by atoms with E-state index in [1.165, 1.54) is 5.56 Å². The van der Waals surface area contributed by atoms with Gasteiger partial charge in [-0.15, -0.1) is 0 Å². The summed E-state index contributed by atoms with van der Waals surface area (Å²) in [6, 6.07) is 13.2. The number of benzene rings is 2. The van der Waals surface area contributed by atoms with E-state index in [0.29, 0.717) is 16.7 Å². The molecule has 138 valence electrons. The van der Waals surface area contributed by atoms with Gasteiger partial charge in [-0.25, -0.2) is 0 Å². The maximum absolute atomic E-state index is 12.1. The summed E-state index contributed by atoms with van der Waals surface area (Å²) in [4.78, 5) is 12.1. The molecule has 1 atom stereocenters. The molecule has 2 N–H and O–H groups in total. The molecule has 4 nitrogen and oxygen atoms in total. The van der Waals surface area contributed by atoms with Crippen molar-refractivity contribution in [3.8, 4) is 5.75 Å². The maximum Gasteiger partial charge on any atom is 0.264 e. The molecule has 2 aromatic carbocycles. The van der Waals surface area contributed by atoms with Crippen LogP contribution in [-0.2, 0) is 4.79 Å². The van der Waals surface area contributed by atoms with Crippen LogP contribution in [0.5, 0.6) is 5.75 Å². The van der Waals surface area contributed by atoms with Crippen LogP contribution in [0.4, 0.5) is 5.69 Å². The highest BCUT2D eigenvalue weighted by molar-refractivity contribution is 7.80. The molecule has 2 aromatic rings. The van der Waals surface area contributed by atoms with Crippen LogP contribution in [0.2, 0.25) is 5.02 Å². The lowest BCUT2D eigenvalue weighted by Gasteiger charge is -2.17. The van der Waals surface area contributed by atoms with Crippen LogP contribution in [0.15, 0.2) is 42.5 Å². The highest BCUT2D eigenvalue weighted by atomic mass is 35.5. The number of aryl methyl sites for hydroxylation is 1. The Labute approximate surface area is 164 Å². The molecule has 0 heterocycles. The average molecular weight is 391 g/mol. The van der Waals surface area contributed by atoms with E-state index < -0.39 is 0 Å². The zero-order chi connectivity index (χ0) is 19.1. The fourth-order valence-corrected chi connectivity index (χ4v) is 2.95. The highest BCUT2D eigenvalue weighted by Gasteiger charge is 2.11. The van der Waals surface area contributed by atoms with Gasteiger partial charge in [-0.05, 0) is 66.9 Å². The van der Waals surface area contributed by atoms with E-state index in [2.05, 4.69) is 30.5 Å². The van der Waals surface area contributed by atoms with E-state index in [-0.39, 0.29) is 17.6 Å². The second-order valence-electron chi connectivity index (χ2n) is 6.10. The van der Waals surface area contributed by atoms with Crippen molar-refractivity contribution in [3.05, 3.63) is 58.6 Å². The lowest BCUT2D eigenvalue weighted by atomic mass is 9.97. The number of carbonyl (C=O) groups is 1. The van der Waals surface area contributed by atoms with Gasteiger partial charge in [0.2, 0.25) is 0 Å². The minimum atomic E-state index is -0.321. The Morgan fingerprint density at radius 1 is 1.27 bits per heavy atom. The molecule has 6 heteroatoms. The summed E-state index contributed by atoms with van der Waals surface area (Å²) in [5, 5.41) is 6.63. The van der Waals surface area contributed by atoms with E-state index in [9.17, 15) is 4.79 Å². The number of amides is 1. The van der Waals surface area contributed by atoms with E-state index in [0.717, 1.165) is 17.7 Å². The molecule has 0 radical (unpaired) electrons. The van der Waals surface area contributed by atoms with Crippen molar-refractivity contribution in [2.45, 2.75) is 33.1 Å². The summed E-state index contributed by atoms with van der Waals surface area (Å²) in [5.41, 5.74) is 2.94. The Balaban J connectivity index is 1.91. The molecule has 0 aliphatic rings. The van der Waals surface area contributed by atoms with Crippen molar-refractivity contribution in [2.75, 3.05) is 11.9 Å². The molecule has 0 aliphatic heterocycles. The van der Waals surface area contributed by atoms with Crippen LogP contribution >= 0.6 is 23.8 Å². The SMILES string of the molecule is CCC(C)c1ccccc1NC(=S)NC(=O)COc1ccc(Cl)cc1C. The number of nitrogens with one attached hydrogen (secondary N) is 2. The van der Waals surface area contributed by atoms with Gasteiger partial charge in [-0.2, -0.15) is 0 Å². The zero-order valence-electron chi connectivity index (χ0n) is 15.1. The van der Waals surface area contributed by atoms with Crippen molar-refractivity contribution in [2.24, 2.45) is 0 Å². The highest BCUT2D eigenvalue weighted by Crippen LogP contribution is 2.26. The van der Waals surface area contributed by atoms with Gasteiger partial charge in [0.05, 0.1) is 0 Å². The first-order valence-corrected chi connectivity index (χ1v) is 9.28. The van der Waals surface area contributed by atoms with Crippen LogP contribution in [0.1, 0.15) is 37.3 Å². The summed E-state index contributed by atoms with van der Waals surface area (Å²) in [5.74, 6) is 0.692. The van der Waals surface area contributed by atoms with Gasteiger partial charge in [0.25, 0.3) is 5.91 Å². The Bertz CT molecular complexity index is 795. The van der Waals surface area contributed by atoms with Crippen LogP contribution in [0.25, 0.3) is 0 Å². The average Bonchev–Trinajstić information content (AvgIpc) is 2.60. The number of hydrogen-bond donors (Lipinski definition) is 2. The minimum Gasteiger partial charge on any atom is -0.483 e. The number of anilines is 1. The molecule has 0 saturated carbocycles. The van der Waals surface area contributed by atoms with Crippen LogP contribution < -0.4 is 15.4 Å². The number of hydrogen-bond acceptors (Lipinski definition) is 3. The number of thiocarbonyl (C=S) groups is 1. The predicted octanol–water partition coefficient (Wildman–Crippen LogP) is 5.05. The number of ether oxygens (including phenoxy) is 1. The Hall–Kier alpha value is -2.11. The largest absolute Gasteiger partial charge is 0.483 e. The third-order valence-electron chi connectivity index (χ3n) is 4.10. The molecule has 0 bridgehead atoms. The quantitative estimate of drug-likeness (QED) is 0.677. The third kappa shape index (κ3) is 5.71. The van der Waals surface area contributed by atoms with Crippen molar-refractivity contribution < 1.29 is 9.53 Å². The van der Waals surface area contributed by atoms with Crippen molar-refractivity contribution in [3.63, 3.8) is 0 Å². The number of halogens is 1. The number of carbonyl (C=O) groups excluding carboxylic acids is 1. The zero-order valence-corrected chi connectivity index (χ0v) is 16.7. The Morgan fingerprint density at radius 3 is 2.69 bits per heavy atom. The van der Waals surface area contributed by atoms with Crippen LogP contribution in [-0.4, -0.2) is 17.6 Å². The van der Waals surface area contributed by atoms with E-state index in [4.69, 9.17) is 28.6 Å². The Morgan fingerprint density at radius 2 is 2.00 bits per heavy atom. The second kappa shape index (κ2) is 9.55. The van der Waals surface area contributed by atoms with E-state index in [1.54, 1.807) is 18.2 Å². The molecule has 0 saturated heterocycles. The van der Waals surface area contributed by atoms with Crippen molar-refractivity contribution in [1.82, 2.24) is 5.32 Å². The lowest BCUT2D eigenvalue weighted by Crippen LogP contribution is -2.37. The molecule has 1 amide bonds. The summed E-state index contributed by atoms with van der Waals surface area (Å²) in [7, 11) is 0. The first-order valence-electron chi connectivity index (χ1n) is 8.49. The third-order valence-corrected chi connectivity index (χ3v) is 4.54. The molecule has 0 fully saturated rings. The smallest absolute Gasteiger partial charge is 0.264 e. The molecule has 0 aromatic heterocycles. The number of para-hydroxylation sites is 1. The summed E-state index contributed by atoms with van der Waals surface area (Å²) in [6.45, 7) is 6.04. The van der Waals surface area contributed by atoms with E-state index >= 15 is 0 Å². The molecule has 0 spiro atoms. The van der Waals surface area contributed by atoms with Crippen molar-refractivity contribution in [1.29, 1.82) is 0 Å². The second-order valence-corrected chi connectivity index (χ2v) is 6.94. The van der Waals surface area contributed by atoms with Gasteiger partial charge in [0.1, 0.15) is 5.75 Å². The van der Waals surface area contributed by atoms with Gasteiger partial charge < -0.3 is 10.1 Å². The predicted molar refractivity (Wildman–Crippen MR) is 111 cm³/mol. The van der Waals surface area contributed by atoms with E-state index in [1.807, 2.05) is 25.1 Å². The normalized spacial score (nSPS) is 11.5. The summed E-state index contributed by atoms with van der Waals surface area (Å²) < 4.78 is 5.53. The summed E-state index contributed by atoms with van der Waals surface area (Å²) in [6.07, 6.45) is 1.02. The molecule has 26 heavy (non-hydrogen) atoms. The first kappa shape index (κ1) is 20.2. The monoisotopic (exact) mass is 390 g/mol. The first-order chi connectivity index (χ1) is 12.4. The fourth-order valence-electron chi connectivity index (χ4n) is 2.49. The minimum absolute atomic E-state index is 0.128. The summed E-state index contributed by atoms with van der Waals surface area (Å²) >= 11 is 11.2. The van der Waals surface area contributed by atoms with Gasteiger partial charge in [0, 0.05) is 10.7 Å². The standard InChI is InChI=1S/C20H23ClN2O2S/c1-4-13(2)16-7-5-6-8-17(16)22-20(26)23-19(24)12-25-18-10-9-15(21)11-14(18)3/h5-11,13H,4,12H2,1-3H3,(H2,22,23,24,26). The molecule has 2 rings (SSSR count). The Kier molecular flexibility index (Phi) is 7.42. The van der Waals surface area contributed by atoms with Crippen LogP contribution in [0, 0.1) is 6.92 Å². The van der Waals surface area contributed by atoms with Crippen LogP contribution in [0.3, 0.4) is 0 Å². The van der Waals surface area contributed by atoms with Gasteiger partial charge in [-0.3, -0.25) is 10.1 Å². The molecular formula is C20H23ClN2O2S. The van der Waals surface area contributed by atoms with Gasteiger partial charge in [-0.1, -0.05) is 43.6 Å². The molecule has 0 aliphatic carbocycles. The maximum atomic E-state index is 12.1.